The molecular formula is C21H24N2O2. The molecule has 130 valence electrons. The Kier molecular flexibility index (Phi) is 4.14. The van der Waals surface area contributed by atoms with Gasteiger partial charge in [-0.15, -0.1) is 0 Å². The zero-order chi connectivity index (χ0) is 17.4. The average molecular weight is 336 g/mol. The monoisotopic (exact) mass is 336 g/mol. The zero-order valence-corrected chi connectivity index (χ0v) is 15.0. The lowest BCUT2D eigenvalue weighted by Gasteiger charge is -2.25. The van der Waals surface area contributed by atoms with Crippen LogP contribution in [0.4, 0.5) is 0 Å². The third-order valence-corrected chi connectivity index (χ3v) is 5.10. The van der Waals surface area contributed by atoms with Crippen molar-refractivity contribution in [3.05, 3.63) is 58.8 Å². The minimum Gasteiger partial charge on any atom is -0.493 e. The third-order valence-electron chi connectivity index (χ3n) is 5.10. The van der Waals surface area contributed by atoms with Crippen LogP contribution >= 0.6 is 0 Å². The molecule has 1 aliphatic heterocycles. The predicted molar refractivity (Wildman–Crippen MR) is 101 cm³/mol. The average Bonchev–Trinajstić information content (AvgIpc) is 3.00. The number of aromatic nitrogens is 1. The van der Waals surface area contributed by atoms with E-state index in [1.165, 1.54) is 33.3 Å². The van der Waals surface area contributed by atoms with Gasteiger partial charge in [-0.3, -0.25) is 0 Å². The molecular weight excluding hydrogens is 312 g/mol. The summed E-state index contributed by atoms with van der Waals surface area (Å²) in [6.45, 7) is 3.16. The first-order valence-electron chi connectivity index (χ1n) is 8.75. The van der Waals surface area contributed by atoms with Crippen LogP contribution < -0.4 is 14.8 Å². The Morgan fingerprint density at radius 1 is 1.04 bits per heavy atom. The fourth-order valence-electron chi connectivity index (χ4n) is 3.84. The number of ether oxygens (including phenoxy) is 2. The van der Waals surface area contributed by atoms with Crippen molar-refractivity contribution < 1.29 is 9.47 Å². The van der Waals surface area contributed by atoms with Crippen LogP contribution in [0.5, 0.6) is 11.5 Å². The van der Waals surface area contributed by atoms with Crippen molar-refractivity contribution in [3.63, 3.8) is 0 Å². The van der Waals surface area contributed by atoms with Crippen LogP contribution in [-0.2, 0) is 12.8 Å². The maximum absolute atomic E-state index is 5.44. The minimum atomic E-state index is 0.287. The lowest BCUT2D eigenvalue weighted by molar-refractivity contribution is 0.354. The van der Waals surface area contributed by atoms with Gasteiger partial charge in [0.25, 0.3) is 0 Å². The summed E-state index contributed by atoms with van der Waals surface area (Å²) >= 11 is 0. The summed E-state index contributed by atoms with van der Waals surface area (Å²) in [5.41, 5.74) is 6.56. The molecule has 4 nitrogen and oxygen atoms in total. The Balaban J connectivity index is 1.68. The topological polar surface area (TPSA) is 46.3 Å². The Labute approximate surface area is 148 Å². The summed E-state index contributed by atoms with van der Waals surface area (Å²) in [7, 11) is 3.34. The van der Waals surface area contributed by atoms with Crippen molar-refractivity contribution in [1.82, 2.24) is 10.3 Å². The molecule has 1 atom stereocenters. The molecule has 0 saturated carbocycles. The van der Waals surface area contributed by atoms with Gasteiger partial charge in [0.05, 0.1) is 20.3 Å². The second-order valence-electron chi connectivity index (χ2n) is 6.72. The number of methoxy groups -OCH3 is 2. The standard InChI is InChI=1S/C21H24N2O2/c1-13-4-6-17-16(10-13)15-8-9-22-18(21(15)23-17)11-14-5-7-19(24-2)20(12-14)25-3/h4-7,10,12,18,22-23H,8-9,11H2,1-3H3/t18-/m0/s1. The molecule has 0 unspecified atom stereocenters. The van der Waals surface area contributed by atoms with Gasteiger partial charge in [0, 0.05) is 16.6 Å². The van der Waals surface area contributed by atoms with Crippen molar-refractivity contribution >= 4 is 10.9 Å². The van der Waals surface area contributed by atoms with Gasteiger partial charge in [-0.1, -0.05) is 17.7 Å². The van der Waals surface area contributed by atoms with Crippen LogP contribution in [0.25, 0.3) is 10.9 Å². The highest BCUT2D eigenvalue weighted by atomic mass is 16.5. The summed E-state index contributed by atoms with van der Waals surface area (Å²) in [4.78, 5) is 3.65. The van der Waals surface area contributed by atoms with Gasteiger partial charge in [0.15, 0.2) is 11.5 Å². The van der Waals surface area contributed by atoms with Gasteiger partial charge in [0.2, 0.25) is 0 Å². The molecule has 0 fully saturated rings. The van der Waals surface area contributed by atoms with E-state index < -0.39 is 0 Å². The SMILES string of the molecule is COc1ccc(C[C@@H]2NCCc3c2[nH]c2ccc(C)cc32)cc1OC. The highest BCUT2D eigenvalue weighted by molar-refractivity contribution is 5.85. The first kappa shape index (κ1) is 16.0. The van der Waals surface area contributed by atoms with Gasteiger partial charge in [-0.05, 0) is 61.7 Å². The van der Waals surface area contributed by atoms with Crippen molar-refractivity contribution in [2.45, 2.75) is 25.8 Å². The van der Waals surface area contributed by atoms with E-state index in [-0.39, 0.29) is 6.04 Å². The number of rotatable bonds is 4. The third kappa shape index (κ3) is 2.87. The number of hydrogen-bond donors (Lipinski definition) is 2. The van der Waals surface area contributed by atoms with Crippen molar-refractivity contribution in [1.29, 1.82) is 0 Å². The van der Waals surface area contributed by atoms with E-state index in [1.54, 1.807) is 14.2 Å². The molecule has 0 bridgehead atoms. The fourth-order valence-corrected chi connectivity index (χ4v) is 3.84. The van der Waals surface area contributed by atoms with E-state index in [1.807, 2.05) is 6.07 Å². The molecule has 3 aromatic rings. The fraction of sp³-hybridized carbons (Fsp3) is 0.333. The Morgan fingerprint density at radius 3 is 2.68 bits per heavy atom. The van der Waals surface area contributed by atoms with Crippen LogP contribution in [0, 0.1) is 6.92 Å². The summed E-state index contributed by atoms with van der Waals surface area (Å²) in [5.74, 6) is 1.55. The second-order valence-corrected chi connectivity index (χ2v) is 6.72. The van der Waals surface area contributed by atoms with Gasteiger partial charge in [-0.25, -0.2) is 0 Å². The molecule has 0 saturated heterocycles. The van der Waals surface area contributed by atoms with Gasteiger partial charge in [0.1, 0.15) is 0 Å². The molecule has 1 aromatic heterocycles. The normalized spacial score (nSPS) is 16.7. The first-order chi connectivity index (χ1) is 12.2. The number of aromatic amines is 1. The van der Waals surface area contributed by atoms with Crippen molar-refractivity contribution in [2.75, 3.05) is 20.8 Å². The molecule has 0 aliphatic carbocycles. The number of H-pyrrole nitrogens is 1. The highest BCUT2D eigenvalue weighted by Crippen LogP contribution is 2.34. The van der Waals surface area contributed by atoms with Crippen LogP contribution in [0.2, 0.25) is 0 Å². The molecule has 2 N–H and O–H groups in total. The number of fused-ring (bicyclic) bond motifs is 3. The lowest BCUT2D eigenvalue weighted by Crippen LogP contribution is -2.31. The van der Waals surface area contributed by atoms with Gasteiger partial charge < -0.3 is 19.8 Å². The molecule has 25 heavy (non-hydrogen) atoms. The number of nitrogens with one attached hydrogen (secondary N) is 2. The molecule has 1 aliphatic rings. The molecule has 4 rings (SSSR count). The van der Waals surface area contributed by atoms with Gasteiger partial charge >= 0.3 is 0 Å². The molecule has 2 aromatic carbocycles. The summed E-state index contributed by atoms with van der Waals surface area (Å²) in [6, 6.07) is 13.1. The van der Waals surface area contributed by atoms with E-state index in [0.717, 1.165) is 30.9 Å². The number of benzene rings is 2. The lowest BCUT2D eigenvalue weighted by atomic mass is 9.94. The Hall–Kier alpha value is -2.46. The maximum Gasteiger partial charge on any atom is 0.160 e. The molecule has 2 heterocycles. The molecule has 4 heteroatoms. The summed E-state index contributed by atoms with van der Waals surface area (Å²) in [6.07, 6.45) is 1.99. The largest absolute Gasteiger partial charge is 0.493 e. The van der Waals surface area contributed by atoms with Crippen molar-refractivity contribution in [2.24, 2.45) is 0 Å². The number of hydrogen-bond acceptors (Lipinski definition) is 3. The molecule has 0 spiro atoms. The summed E-state index contributed by atoms with van der Waals surface area (Å²) in [5, 5.41) is 5.03. The van der Waals surface area contributed by atoms with E-state index in [0.29, 0.717) is 0 Å². The molecule has 0 radical (unpaired) electrons. The molecule has 0 amide bonds. The maximum atomic E-state index is 5.44. The first-order valence-corrected chi connectivity index (χ1v) is 8.75. The van der Waals surface area contributed by atoms with Crippen molar-refractivity contribution in [3.8, 4) is 11.5 Å². The quantitative estimate of drug-likeness (QED) is 0.759. The van der Waals surface area contributed by atoms with Crippen LogP contribution in [0.15, 0.2) is 36.4 Å². The van der Waals surface area contributed by atoms with E-state index in [4.69, 9.17) is 9.47 Å². The zero-order valence-electron chi connectivity index (χ0n) is 15.0. The summed E-state index contributed by atoms with van der Waals surface area (Å²) < 4.78 is 10.8. The number of aryl methyl sites for hydroxylation is 1. The van der Waals surface area contributed by atoms with E-state index >= 15 is 0 Å². The van der Waals surface area contributed by atoms with Crippen LogP contribution in [0.3, 0.4) is 0 Å². The second kappa shape index (κ2) is 6.45. The Morgan fingerprint density at radius 2 is 1.88 bits per heavy atom. The van der Waals surface area contributed by atoms with E-state index in [2.05, 4.69) is 47.6 Å². The van der Waals surface area contributed by atoms with Crippen LogP contribution in [0.1, 0.15) is 28.4 Å². The highest BCUT2D eigenvalue weighted by Gasteiger charge is 2.24. The smallest absolute Gasteiger partial charge is 0.160 e. The predicted octanol–water partition coefficient (Wildman–Crippen LogP) is 3.92. The van der Waals surface area contributed by atoms with E-state index in [9.17, 15) is 0 Å². The van der Waals surface area contributed by atoms with Gasteiger partial charge in [-0.2, -0.15) is 0 Å². The van der Waals surface area contributed by atoms with Crippen LogP contribution in [-0.4, -0.2) is 25.7 Å². The Bertz CT molecular complexity index is 914. The minimum absolute atomic E-state index is 0.287.